The van der Waals surface area contributed by atoms with Crippen molar-refractivity contribution in [2.45, 2.75) is 45.1 Å². The van der Waals surface area contributed by atoms with E-state index < -0.39 is 10.0 Å². The normalized spacial score (nSPS) is 29.6. The Morgan fingerprint density at radius 1 is 1.29 bits per heavy atom. The molecule has 0 spiro atoms. The highest BCUT2D eigenvalue weighted by atomic mass is 32.2. The fourth-order valence-corrected chi connectivity index (χ4v) is 4.59. The number of rotatable bonds is 7. The summed E-state index contributed by atoms with van der Waals surface area (Å²) in [4.78, 5) is 0. The van der Waals surface area contributed by atoms with Crippen LogP contribution in [0.25, 0.3) is 0 Å². The molecule has 0 amide bonds. The molecule has 0 aromatic carbocycles. The molecule has 2 saturated heterocycles. The van der Waals surface area contributed by atoms with Crippen molar-refractivity contribution in [1.29, 1.82) is 0 Å². The third-order valence-corrected chi connectivity index (χ3v) is 5.97. The van der Waals surface area contributed by atoms with Gasteiger partial charge >= 0.3 is 0 Å². The Morgan fingerprint density at radius 3 is 2.67 bits per heavy atom. The summed E-state index contributed by atoms with van der Waals surface area (Å²) in [5, 5.41) is 3.59. The van der Waals surface area contributed by atoms with Gasteiger partial charge in [0.1, 0.15) is 0 Å². The van der Waals surface area contributed by atoms with Gasteiger partial charge in [-0.15, -0.1) is 0 Å². The van der Waals surface area contributed by atoms with Crippen molar-refractivity contribution < 1.29 is 13.2 Å². The van der Waals surface area contributed by atoms with Crippen molar-refractivity contribution in [3.05, 3.63) is 0 Å². The first-order valence-corrected chi connectivity index (χ1v) is 10.1. The highest BCUT2D eigenvalue weighted by Crippen LogP contribution is 2.26. The third-order valence-electron chi connectivity index (χ3n) is 4.70. The molecule has 2 heterocycles. The molecule has 0 radical (unpaired) electrons. The third kappa shape index (κ3) is 5.51. The Morgan fingerprint density at radius 2 is 2.05 bits per heavy atom. The lowest BCUT2D eigenvalue weighted by Crippen LogP contribution is -2.42. The SMILES string of the molecule is CCNC(CC1CCOC1)CC1CCCN(S(C)(=O)=O)C1. The van der Waals surface area contributed by atoms with E-state index in [1.165, 1.54) is 12.7 Å². The van der Waals surface area contributed by atoms with E-state index >= 15 is 0 Å². The second-order valence-corrected chi connectivity index (χ2v) is 8.57. The molecule has 0 saturated carbocycles. The number of sulfonamides is 1. The molecule has 3 atom stereocenters. The van der Waals surface area contributed by atoms with Crippen LogP contribution >= 0.6 is 0 Å². The van der Waals surface area contributed by atoms with Crippen LogP contribution < -0.4 is 5.32 Å². The maximum Gasteiger partial charge on any atom is 0.211 e. The van der Waals surface area contributed by atoms with E-state index in [1.807, 2.05) is 0 Å². The smallest absolute Gasteiger partial charge is 0.211 e. The Hall–Kier alpha value is -0.170. The molecule has 2 aliphatic heterocycles. The number of ether oxygens (including phenoxy) is 1. The maximum absolute atomic E-state index is 11.7. The van der Waals surface area contributed by atoms with Gasteiger partial charge in [-0.1, -0.05) is 6.92 Å². The molecule has 21 heavy (non-hydrogen) atoms. The molecule has 0 bridgehead atoms. The van der Waals surface area contributed by atoms with Crippen LogP contribution in [0.1, 0.15) is 39.0 Å². The zero-order chi connectivity index (χ0) is 15.3. The Balaban J connectivity index is 1.86. The van der Waals surface area contributed by atoms with Crippen LogP contribution in [-0.2, 0) is 14.8 Å². The molecule has 3 unspecified atom stereocenters. The number of hydrogen-bond donors (Lipinski definition) is 1. The van der Waals surface area contributed by atoms with Crippen LogP contribution in [0, 0.1) is 11.8 Å². The minimum atomic E-state index is -3.04. The fourth-order valence-electron chi connectivity index (χ4n) is 3.65. The largest absolute Gasteiger partial charge is 0.381 e. The van der Waals surface area contributed by atoms with Crippen molar-refractivity contribution in [1.82, 2.24) is 9.62 Å². The first kappa shape index (κ1) is 17.2. The van der Waals surface area contributed by atoms with Crippen molar-refractivity contribution in [2.75, 3.05) is 39.1 Å². The van der Waals surface area contributed by atoms with Crippen LogP contribution in [0.3, 0.4) is 0 Å². The molecule has 0 aromatic heterocycles. The first-order chi connectivity index (χ1) is 9.99. The maximum atomic E-state index is 11.7. The summed E-state index contributed by atoms with van der Waals surface area (Å²) < 4.78 is 30.6. The lowest BCUT2D eigenvalue weighted by atomic mass is 9.88. The van der Waals surface area contributed by atoms with Gasteiger partial charge in [-0.3, -0.25) is 0 Å². The van der Waals surface area contributed by atoms with E-state index in [9.17, 15) is 8.42 Å². The molecule has 1 N–H and O–H groups in total. The van der Waals surface area contributed by atoms with Gasteiger partial charge in [-0.05, 0) is 50.5 Å². The lowest BCUT2D eigenvalue weighted by molar-refractivity contribution is 0.177. The summed E-state index contributed by atoms with van der Waals surface area (Å²) in [5.74, 6) is 1.16. The van der Waals surface area contributed by atoms with E-state index in [-0.39, 0.29) is 0 Å². The first-order valence-electron chi connectivity index (χ1n) is 8.25. The van der Waals surface area contributed by atoms with Crippen LogP contribution in [0.4, 0.5) is 0 Å². The van der Waals surface area contributed by atoms with Crippen LogP contribution in [0.5, 0.6) is 0 Å². The van der Waals surface area contributed by atoms with Gasteiger partial charge in [0.25, 0.3) is 0 Å². The highest BCUT2D eigenvalue weighted by molar-refractivity contribution is 7.88. The van der Waals surface area contributed by atoms with Gasteiger partial charge in [0.15, 0.2) is 0 Å². The topological polar surface area (TPSA) is 58.6 Å². The van der Waals surface area contributed by atoms with Gasteiger partial charge in [-0.2, -0.15) is 0 Å². The van der Waals surface area contributed by atoms with Crippen molar-refractivity contribution in [3.8, 4) is 0 Å². The summed E-state index contributed by atoms with van der Waals surface area (Å²) in [7, 11) is -3.04. The van der Waals surface area contributed by atoms with Crippen molar-refractivity contribution >= 4 is 10.0 Å². The quantitative estimate of drug-likeness (QED) is 0.772. The Labute approximate surface area is 129 Å². The summed E-state index contributed by atoms with van der Waals surface area (Å²) in [5.41, 5.74) is 0. The molecule has 2 fully saturated rings. The van der Waals surface area contributed by atoms with Crippen LogP contribution in [0.2, 0.25) is 0 Å². The summed E-state index contributed by atoms with van der Waals surface area (Å²) in [6, 6.07) is 0.492. The predicted molar refractivity (Wildman–Crippen MR) is 84.8 cm³/mol. The standard InChI is InChI=1S/C15H30N2O3S/c1-3-16-15(10-14-6-8-20-12-14)9-13-5-4-7-17(11-13)21(2,18)19/h13-16H,3-12H2,1-2H3. The zero-order valence-electron chi connectivity index (χ0n) is 13.4. The highest BCUT2D eigenvalue weighted by Gasteiger charge is 2.29. The summed E-state index contributed by atoms with van der Waals surface area (Å²) in [6.45, 7) is 6.29. The number of nitrogens with zero attached hydrogens (tertiary/aromatic N) is 1. The molecular formula is C15H30N2O3S. The van der Waals surface area contributed by atoms with Gasteiger partial charge in [0.05, 0.1) is 6.26 Å². The minimum Gasteiger partial charge on any atom is -0.381 e. The lowest BCUT2D eigenvalue weighted by Gasteiger charge is -2.33. The van der Waals surface area contributed by atoms with Crippen molar-refractivity contribution in [3.63, 3.8) is 0 Å². The monoisotopic (exact) mass is 318 g/mol. The van der Waals surface area contributed by atoms with E-state index in [2.05, 4.69) is 12.2 Å². The molecule has 5 nitrogen and oxygen atoms in total. The molecule has 0 aromatic rings. The van der Waals surface area contributed by atoms with Gasteiger partial charge in [-0.25, -0.2) is 12.7 Å². The second-order valence-electron chi connectivity index (χ2n) is 6.58. The van der Waals surface area contributed by atoms with E-state index in [0.29, 0.717) is 31.0 Å². The molecule has 6 heteroatoms. The van der Waals surface area contributed by atoms with Gasteiger partial charge in [0.2, 0.25) is 10.0 Å². The average molecular weight is 318 g/mol. The van der Waals surface area contributed by atoms with Crippen LogP contribution in [0.15, 0.2) is 0 Å². The van der Waals surface area contributed by atoms with E-state index in [1.54, 1.807) is 4.31 Å². The van der Waals surface area contributed by atoms with Crippen molar-refractivity contribution in [2.24, 2.45) is 11.8 Å². The Kier molecular flexibility index (Phi) is 6.47. The molecule has 124 valence electrons. The van der Waals surface area contributed by atoms with Gasteiger partial charge in [0, 0.05) is 32.3 Å². The number of piperidine rings is 1. The summed E-state index contributed by atoms with van der Waals surface area (Å²) in [6.07, 6.45) is 6.87. The van der Waals surface area contributed by atoms with Crippen LogP contribution in [-0.4, -0.2) is 57.9 Å². The Bertz CT molecular complexity index is 407. The average Bonchev–Trinajstić information content (AvgIpc) is 2.91. The number of nitrogens with one attached hydrogen (secondary N) is 1. The number of hydrogen-bond acceptors (Lipinski definition) is 4. The molecule has 2 aliphatic rings. The fraction of sp³-hybridized carbons (Fsp3) is 1.00. The zero-order valence-corrected chi connectivity index (χ0v) is 14.2. The van der Waals surface area contributed by atoms with E-state index in [4.69, 9.17) is 4.74 Å². The molecule has 2 rings (SSSR count). The molecular weight excluding hydrogens is 288 g/mol. The molecule has 0 aliphatic carbocycles. The minimum absolute atomic E-state index is 0.486. The van der Waals surface area contributed by atoms with Gasteiger partial charge < -0.3 is 10.1 Å². The second kappa shape index (κ2) is 7.90. The summed E-state index contributed by atoms with van der Waals surface area (Å²) >= 11 is 0. The van der Waals surface area contributed by atoms with E-state index in [0.717, 1.165) is 45.4 Å². The predicted octanol–water partition coefficient (Wildman–Crippen LogP) is 1.45.